The molecular weight excluding hydrogens is 941 g/mol. The number of benzene rings is 1. The van der Waals surface area contributed by atoms with Gasteiger partial charge in [0.25, 0.3) is 18.8 Å². The normalized spacial score (nSPS) is 13.7. The minimum Gasteiger partial charge on any atom is -0.483 e. The van der Waals surface area contributed by atoms with Crippen molar-refractivity contribution in [2.24, 2.45) is 23.3 Å². The third kappa shape index (κ3) is 66.8. The van der Waals surface area contributed by atoms with Gasteiger partial charge in [0.05, 0.1) is 13.3 Å². The fourth-order valence-electron chi connectivity index (χ4n) is 5.56. The molecule has 1 saturated carbocycles. The van der Waals surface area contributed by atoms with Crippen molar-refractivity contribution in [2.75, 3.05) is 52.8 Å². The first kappa shape index (κ1) is 79.2. The van der Waals surface area contributed by atoms with Crippen LogP contribution >= 0.6 is 0 Å². The molecule has 0 aliphatic heterocycles. The van der Waals surface area contributed by atoms with Crippen LogP contribution in [0, 0.1) is 18.8 Å². The van der Waals surface area contributed by atoms with Crippen LogP contribution in [-0.2, 0) is 52.7 Å². The van der Waals surface area contributed by atoms with E-state index in [2.05, 4.69) is 77.6 Å². The number of ketones is 1. The van der Waals surface area contributed by atoms with Gasteiger partial charge in [0.15, 0.2) is 0 Å². The molecule has 0 spiro atoms. The number of imide groups is 1. The van der Waals surface area contributed by atoms with Gasteiger partial charge in [0.2, 0.25) is 12.3 Å². The van der Waals surface area contributed by atoms with Crippen molar-refractivity contribution in [3.05, 3.63) is 53.6 Å². The number of allylic oxidation sites excluding steroid dienone is 3. The molecule has 1 fully saturated rings. The highest BCUT2D eigenvalue weighted by Crippen LogP contribution is 2.27. The summed E-state index contributed by atoms with van der Waals surface area (Å²) in [6.07, 6.45) is 22.0. The molecule has 1 aromatic rings. The molecule has 0 heterocycles. The molecule has 2 rings (SSSR count). The maximum Gasteiger partial charge on any atom is 0.358 e. The van der Waals surface area contributed by atoms with Crippen LogP contribution < -0.4 is 27.4 Å². The number of carbonyl (C=O) groups is 8. The smallest absolute Gasteiger partial charge is 0.358 e. The Morgan fingerprint density at radius 3 is 1.88 bits per heavy atom. The zero-order chi connectivity index (χ0) is 56.9. The van der Waals surface area contributed by atoms with Gasteiger partial charge in [-0.3, -0.25) is 29.3 Å². The average molecular weight is 1040 g/mol. The van der Waals surface area contributed by atoms with Gasteiger partial charge < -0.3 is 56.2 Å². The summed E-state index contributed by atoms with van der Waals surface area (Å²) in [5.74, 6) is 0.551. The number of carbonyl (C=O) groups excluding carboxylic acids is 7. The molecule has 19 nitrogen and oxygen atoms in total. The van der Waals surface area contributed by atoms with E-state index < -0.39 is 11.9 Å². The van der Waals surface area contributed by atoms with E-state index in [1.54, 1.807) is 13.8 Å². The largest absolute Gasteiger partial charge is 0.483 e. The summed E-state index contributed by atoms with van der Waals surface area (Å²) < 4.78 is 10.1. The van der Waals surface area contributed by atoms with Gasteiger partial charge in [-0.05, 0) is 90.0 Å². The predicted molar refractivity (Wildman–Crippen MR) is 292 cm³/mol. The summed E-state index contributed by atoms with van der Waals surface area (Å²) in [7, 11) is 0. The van der Waals surface area contributed by atoms with E-state index in [9.17, 15) is 28.8 Å². The second kappa shape index (κ2) is 64.8. The number of aliphatic hydroxyl groups excluding tert-OH is 1. The summed E-state index contributed by atoms with van der Waals surface area (Å²) >= 11 is 0. The van der Waals surface area contributed by atoms with Crippen LogP contribution in [0.5, 0.6) is 0 Å². The molecule has 0 bridgehead atoms. The van der Waals surface area contributed by atoms with Gasteiger partial charge in [0.1, 0.15) is 25.3 Å². The minimum absolute atomic E-state index is 0.0135. The number of hydroxylamine groups is 2. The zero-order valence-electron chi connectivity index (χ0n) is 46.6. The van der Waals surface area contributed by atoms with E-state index in [1.165, 1.54) is 36.8 Å². The lowest BCUT2D eigenvalue weighted by atomic mass is 9.83. The van der Waals surface area contributed by atoms with Gasteiger partial charge in [0, 0.05) is 51.2 Å². The number of aldehydes is 1. The fraction of sp³-hybridized carbons (Fsp3) is 0.667. The summed E-state index contributed by atoms with van der Waals surface area (Å²) in [6.45, 7) is 24.4. The molecule has 73 heavy (non-hydrogen) atoms. The standard InChI is InChI=1S/C13H25NO2.C12H14.C11H25N3O2.C10H17NO5.C4H8O.C2H6.CH3NO.CH2O2/c1-3-8-16-10-13(15)14-9-12-6-4-11(2)5-7-12;1-3-4-5-6-12-9-7-11(2)8-10-12;1-10(14-6-7-15)4-2-3-5-11(12)8-13-9-16;1-3-5-9(13)11(8-12)16-10(14)7-15-6-4-2;1-3-4(2)5;1-2;2*2-1-3/h11-12H,3-10H2,1-2H3,(H,14,15);3-10H,1-2H3;7,10-11,13-14,16H,2-6,8-9,12H2,1H3;8H,3-7H2,1-2H3;3H2,1-2H3;1-2H3;1H,(H2,2,3);1H,(H,2,3)/b;4-3-,6-5-;;;;;;. The van der Waals surface area contributed by atoms with Crippen molar-refractivity contribution < 1.29 is 62.9 Å². The maximum absolute atomic E-state index is 11.4. The highest BCUT2D eigenvalue weighted by molar-refractivity contribution is 5.86. The number of hydrogen-bond donors (Lipinski definition) is 7. The van der Waals surface area contributed by atoms with Crippen molar-refractivity contribution in [1.29, 1.82) is 0 Å². The second-order valence-corrected chi connectivity index (χ2v) is 16.3. The number of amides is 4. The van der Waals surface area contributed by atoms with Crippen molar-refractivity contribution >= 4 is 55.2 Å². The monoisotopic (exact) mass is 1040 g/mol. The number of aryl methyl sites for hydroxylation is 1. The molecule has 19 heteroatoms. The van der Waals surface area contributed by atoms with E-state index in [1.807, 2.05) is 59.8 Å². The van der Waals surface area contributed by atoms with Crippen LogP contribution in [0.4, 0.5) is 0 Å². The molecule has 4 amide bonds. The quantitative estimate of drug-likeness (QED) is 0.0153. The van der Waals surface area contributed by atoms with Crippen LogP contribution in [0.25, 0.3) is 6.08 Å². The lowest BCUT2D eigenvalue weighted by molar-refractivity contribution is -0.199. The average Bonchev–Trinajstić information content (AvgIpc) is 3.38. The van der Waals surface area contributed by atoms with Crippen molar-refractivity contribution in [2.45, 2.75) is 172 Å². The fourth-order valence-corrected chi connectivity index (χ4v) is 5.56. The van der Waals surface area contributed by atoms with E-state index in [0.29, 0.717) is 56.2 Å². The number of aliphatic hydroxyl groups is 1. The Morgan fingerprint density at radius 1 is 0.877 bits per heavy atom. The molecule has 9 N–H and O–H groups in total. The third-order valence-electron chi connectivity index (χ3n) is 9.58. The van der Waals surface area contributed by atoms with E-state index in [0.717, 1.165) is 57.3 Å². The van der Waals surface area contributed by atoms with E-state index >= 15 is 0 Å². The number of nitrogens with one attached hydrogen (secondary N) is 3. The van der Waals surface area contributed by atoms with Crippen LogP contribution in [0.15, 0.2) is 42.5 Å². The summed E-state index contributed by atoms with van der Waals surface area (Å²) in [5.41, 5.74) is 12.5. The predicted octanol–water partition coefficient (Wildman–Crippen LogP) is 7.00. The Morgan fingerprint density at radius 2 is 1.41 bits per heavy atom. The van der Waals surface area contributed by atoms with Gasteiger partial charge in [-0.25, -0.2) is 4.79 Å². The maximum atomic E-state index is 11.4. The Bertz CT molecular complexity index is 1490. The summed E-state index contributed by atoms with van der Waals surface area (Å²) in [4.78, 5) is 85.6. The van der Waals surface area contributed by atoms with Gasteiger partial charge in [-0.1, -0.05) is 128 Å². The molecule has 424 valence electrons. The lowest BCUT2D eigenvalue weighted by Gasteiger charge is -2.26. The van der Waals surface area contributed by atoms with E-state index in [4.69, 9.17) is 35.0 Å². The van der Waals surface area contributed by atoms with Gasteiger partial charge in [-0.2, -0.15) is 0 Å². The van der Waals surface area contributed by atoms with Crippen LogP contribution in [0.2, 0.25) is 0 Å². The highest BCUT2D eigenvalue weighted by Gasteiger charge is 2.19. The molecule has 0 radical (unpaired) electrons. The summed E-state index contributed by atoms with van der Waals surface area (Å²) in [6, 6.07) is 8.98. The molecule has 0 aromatic heterocycles. The zero-order valence-corrected chi connectivity index (χ0v) is 46.6. The summed E-state index contributed by atoms with van der Waals surface area (Å²) in [5, 5.41) is 24.7. The molecule has 2 atom stereocenters. The molecule has 0 saturated heterocycles. The minimum atomic E-state index is -0.759. The molecular formula is C54H100N6O13. The van der Waals surface area contributed by atoms with Crippen LogP contribution in [0.3, 0.4) is 0 Å². The number of primary amides is 1. The first-order valence-electron chi connectivity index (χ1n) is 25.7. The number of carboxylic acid groups (broad SMARTS) is 1. The van der Waals surface area contributed by atoms with Crippen molar-refractivity contribution in [1.82, 2.24) is 21.0 Å². The number of nitrogens with two attached hydrogens (primary N) is 2. The topological polar surface area (TPSA) is 296 Å². The van der Waals surface area contributed by atoms with Crippen molar-refractivity contribution in [3.63, 3.8) is 0 Å². The molecule has 2 unspecified atom stereocenters. The third-order valence-corrected chi connectivity index (χ3v) is 9.58. The number of ether oxygens (including phenoxy) is 2. The van der Waals surface area contributed by atoms with Gasteiger partial charge >= 0.3 is 5.97 Å². The Hall–Kier alpha value is -5.18. The Labute approximate surface area is 439 Å². The highest BCUT2D eigenvalue weighted by atomic mass is 16.7. The molecule has 1 aromatic carbocycles. The van der Waals surface area contributed by atoms with Gasteiger partial charge in [-0.15, -0.1) is 5.06 Å². The second-order valence-electron chi connectivity index (χ2n) is 16.3. The molecule has 1 aliphatic carbocycles. The lowest BCUT2D eigenvalue weighted by Crippen LogP contribution is -2.34. The first-order chi connectivity index (χ1) is 35.0. The number of Topliss-reactive ketones (excluding diaryl/α,β-unsaturated/α-hetero) is 1. The molecule has 1 aliphatic rings. The first-order valence-corrected chi connectivity index (χ1v) is 25.7. The Balaban J connectivity index is -0.000000190. The van der Waals surface area contributed by atoms with Crippen LogP contribution in [-0.4, -0.2) is 129 Å². The van der Waals surface area contributed by atoms with E-state index in [-0.39, 0.29) is 63.4 Å². The number of rotatable bonds is 27. The number of unbranched alkanes of at least 4 members (excludes halogenated alkanes) is 1. The number of nitrogens with zero attached hydrogens (tertiary/aromatic N) is 1. The Kier molecular flexibility index (Phi) is 70.4. The van der Waals surface area contributed by atoms with Crippen LogP contribution in [0.1, 0.15) is 164 Å². The number of hydrogen-bond acceptors (Lipinski definition) is 15. The van der Waals surface area contributed by atoms with Crippen molar-refractivity contribution in [3.8, 4) is 0 Å². The SMILES string of the molecule is C/C=C\C=C/c1ccc(C)cc1.CC.CC(CCCCC(N)CNCO)NCC=O.CCC(C)=O.CCCOCC(=O)NCC1CCC(C)CC1.CCCOCC(=O)ON(C=O)C(=O)CCC.NC=O.O=CO.